The van der Waals surface area contributed by atoms with Crippen LogP contribution in [0.1, 0.15) is 0 Å². The summed E-state index contributed by atoms with van der Waals surface area (Å²) >= 11 is 1.85. The number of oxazole rings is 1. The molecule has 11 rings (SSSR count). The van der Waals surface area contributed by atoms with E-state index in [4.69, 9.17) is 9.40 Å². The Kier molecular flexibility index (Phi) is 6.73. The number of anilines is 3. The number of hydrogen-bond acceptors (Lipinski definition) is 4. The van der Waals surface area contributed by atoms with Gasteiger partial charge in [0.1, 0.15) is 5.52 Å². The second-order valence-corrected chi connectivity index (χ2v) is 14.6. The van der Waals surface area contributed by atoms with Crippen LogP contribution in [0.4, 0.5) is 17.1 Å². The Hall–Kier alpha value is -6.75. The fourth-order valence-corrected chi connectivity index (χ4v) is 9.13. The van der Waals surface area contributed by atoms with Crippen LogP contribution in [0.25, 0.3) is 86.2 Å². The first-order valence-electron chi connectivity index (χ1n) is 17.9. The molecule has 0 unspecified atom stereocenters. The van der Waals surface area contributed by atoms with Crippen LogP contribution in [0.15, 0.2) is 186 Å². The van der Waals surface area contributed by atoms with Gasteiger partial charge in [0.25, 0.3) is 0 Å². The summed E-state index contributed by atoms with van der Waals surface area (Å²) in [6, 6.07) is 65.2. The Morgan fingerprint density at radius 3 is 1.94 bits per heavy atom. The minimum Gasteiger partial charge on any atom is -0.435 e. The highest BCUT2D eigenvalue weighted by molar-refractivity contribution is 7.25. The number of fused-ring (bicyclic) bond motifs is 10. The number of aromatic nitrogens is 1. The van der Waals surface area contributed by atoms with Gasteiger partial charge in [0.05, 0.1) is 5.69 Å². The van der Waals surface area contributed by atoms with Crippen LogP contribution in [0.5, 0.6) is 0 Å². The van der Waals surface area contributed by atoms with Crippen LogP contribution in [-0.2, 0) is 0 Å². The second-order valence-electron chi connectivity index (χ2n) is 13.5. The van der Waals surface area contributed by atoms with Crippen molar-refractivity contribution >= 4 is 92.0 Å². The van der Waals surface area contributed by atoms with Gasteiger partial charge in [-0.3, -0.25) is 0 Å². The molecule has 0 amide bonds. The number of benzene rings is 9. The van der Waals surface area contributed by atoms with Gasteiger partial charge in [-0.25, -0.2) is 4.98 Å². The van der Waals surface area contributed by atoms with Crippen LogP contribution < -0.4 is 4.90 Å². The summed E-state index contributed by atoms with van der Waals surface area (Å²) in [7, 11) is 0. The fourth-order valence-electron chi connectivity index (χ4n) is 7.99. The molecule has 0 bridgehead atoms. The highest BCUT2D eigenvalue weighted by Crippen LogP contribution is 2.46. The van der Waals surface area contributed by atoms with Crippen molar-refractivity contribution in [2.45, 2.75) is 0 Å². The highest BCUT2D eigenvalue weighted by Gasteiger charge is 2.20. The Morgan fingerprint density at radius 2 is 1.08 bits per heavy atom. The minimum absolute atomic E-state index is 0.632. The maximum absolute atomic E-state index is 6.64. The van der Waals surface area contributed by atoms with Crippen molar-refractivity contribution in [1.82, 2.24) is 4.98 Å². The van der Waals surface area contributed by atoms with Crippen LogP contribution in [0.3, 0.4) is 0 Å². The average molecular weight is 695 g/mol. The van der Waals surface area contributed by atoms with Crippen molar-refractivity contribution in [3.8, 4) is 22.6 Å². The Balaban J connectivity index is 1.18. The van der Waals surface area contributed by atoms with Crippen molar-refractivity contribution in [1.29, 1.82) is 0 Å². The van der Waals surface area contributed by atoms with Crippen LogP contribution in [0, 0.1) is 0 Å². The van der Waals surface area contributed by atoms with E-state index in [0.717, 1.165) is 55.3 Å². The molecule has 3 nitrogen and oxygen atoms in total. The topological polar surface area (TPSA) is 29.3 Å². The molecular formula is C49H30N2OS. The molecule has 2 aromatic heterocycles. The Labute approximate surface area is 309 Å². The van der Waals surface area contributed by atoms with Gasteiger partial charge in [0.15, 0.2) is 5.58 Å². The number of hydrogen-bond donors (Lipinski definition) is 0. The lowest BCUT2D eigenvalue weighted by atomic mass is 9.94. The molecule has 0 N–H and O–H groups in total. The monoisotopic (exact) mass is 694 g/mol. The minimum atomic E-state index is 0.632. The SMILES string of the molecule is c1ccc(-c2cccc(N(c3ccc4c(c3)sc3ccccc34)c3cccc4c3ccc3ccc5ccc6nc(-c7ccccc7)oc6c5c34)c2)cc1. The van der Waals surface area contributed by atoms with Gasteiger partial charge in [0, 0.05) is 53.3 Å². The van der Waals surface area contributed by atoms with E-state index in [9.17, 15) is 0 Å². The van der Waals surface area contributed by atoms with Crippen LogP contribution >= 0.6 is 11.3 Å². The summed E-state index contributed by atoms with van der Waals surface area (Å²) < 4.78 is 9.21. The summed E-state index contributed by atoms with van der Waals surface area (Å²) in [5, 5.41) is 9.46. The summed E-state index contributed by atoms with van der Waals surface area (Å²) in [5.74, 6) is 0.632. The lowest BCUT2D eigenvalue weighted by Crippen LogP contribution is -2.10. The second kappa shape index (κ2) is 11.9. The van der Waals surface area contributed by atoms with Gasteiger partial charge in [-0.15, -0.1) is 11.3 Å². The van der Waals surface area contributed by atoms with Crippen molar-refractivity contribution in [3.05, 3.63) is 182 Å². The van der Waals surface area contributed by atoms with Crippen LogP contribution in [-0.4, -0.2) is 4.98 Å². The lowest BCUT2D eigenvalue weighted by molar-refractivity contribution is 0.623. The molecule has 0 aliphatic heterocycles. The van der Waals surface area contributed by atoms with Gasteiger partial charge >= 0.3 is 0 Å². The summed E-state index contributed by atoms with van der Waals surface area (Å²) in [6.07, 6.45) is 0. The zero-order valence-electron chi connectivity index (χ0n) is 28.5. The molecule has 4 heteroatoms. The third kappa shape index (κ3) is 4.84. The van der Waals surface area contributed by atoms with E-state index in [1.165, 1.54) is 42.1 Å². The van der Waals surface area contributed by atoms with Crippen molar-refractivity contribution in [2.75, 3.05) is 4.90 Å². The van der Waals surface area contributed by atoms with Crippen molar-refractivity contribution in [2.24, 2.45) is 0 Å². The zero-order chi connectivity index (χ0) is 34.9. The molecule has 9 aromatic carbocycles. The predicted octanol–water partition coefficient (Wildman–Crippen LogP) is 14.5. The molecule has 0 fully saturated rings. The molecule has 0 aliphatic carbocycles. The summed E-state index contributed by atoms with van der Waals surface area (Å²) in [6.45, 7) is 0. The summed E-state index contributed by atoms with van der Waals surface area (Å²) in [4.78, 5) is 7.37. The van der Waals surface area contributed by atoms with E-state index >= 15 is 0 Å². The lowest BCUT2D eigenvalue weighted by Gasteiger charge is -2.28. The van der Waals surface area contributed by atoms with Gasteiger partial charge < -0.3 is 9.32 Å². The first-order chi connectivity index (χ1) is 26.3. The molecule has 0 saturated heterocycles. The quantitative estimate of drug-likeness (QED) is 0.168. The molecule has 0 saturated carbocycles. The number of rotatable bonds is 5. The van der Waals surface area contributed by atoms with Crippen molar-refractivity contribution < 1.29 is 4.42 Å². The van der Waals surface area contributed by atoms with E-state index in [1.54, 1.807) is 0 Å². The van der Waals surface area contributed by atoms with Gasteiger partial charge in [-0.2, -0.15) is 0 Å². The van der Waals surface area contributed by atoms with Gasteiger partial charge in [0.2, 0.25) is 5.89 Å². The molecule has 53 heavy (non-hydrogen) atoms. The Bertz CT molecular complexity index is 3180. The van der Waals surface area contributed by atoms with E-state index in [-0.39, 0.29) is 0 Å². The standard InChI is InChI=1S/C49H30N2OS/c1-3-11-31(12-4-1)35-15-9-16-36(29-35)51(37-25-27-40-39-17-7-8-20-44(39)53-45(40)30-37)43-19-10-18-41-38(43)26-23-32-21-22-33-24-28-42-48(47(33)46(32)41)52-49(50-42)34-13-5-2-6-14-34/h1-30H. The largest absolute Gasteiger partial charge is 0.435 e. The molecular weight excluding hydrogens is 665 g/mol. The third-order valence-corrected chi connectivity index (χ3v) is 11.6. The molecule has 2 heterocycles. The molecule has 248 valence electrons. The Morgan fingerprint density at radius 1 is 0.434 bits per heavy atom. The van der Waals surface area contributed by atoms with E-state index < -0.39 is 0 Å². The normalized spacial score (nSPS) is 11.8. The first kappa shape index (κ1) is 29.9. The molecule has 0 atom stereocenters. The maximum atomic E-state index is 6.64. The average Bonchev–Trinajstić information content (AvgIpc) is 3.83. The third-order valence-electron chi connectivity index (χ3n) is 10.4. The number of nitrogens with zero attached hydrogens (tertiary/aromatic N) is 2. The van der Waals surface area contributed by atoms with E-state index in [1.807, 2.05) is 41.7 Å². The van der Waals surface area contributed by atoms with Crippen LogP contribution in [0.2, 0.25) is 0 Å². The molecule has 0 spiro atoms. The smallest absolute Gasteiger partial charge is 0.227 e. The van der Waals surface area contributed by atoms with E-state index in [0.29, 0.717) is 5.89 Å². The zero-order valence-corrected chi connectivity index (χ0v) is 29.3. The van der Waals surface area contributed by atoms with Gasteiger partial charge in [-0.05, 0) is 81.9 Å². The molecule has 0 radical (unpaired) electrons. The van der Waals surface area contributed by atoms with E-state index in [2.05, 4.69) is 157 Å². The first-order valence-corrected chi connectivity index (χ1v) is 18.7. The van der Waals surface area contributed by atoms with Gasteiger partial charge in [-0.1, -0.05) is 127 Å². The molecule has 11 aromatic rings. The summed E-state index contributed by atoms with van der Waals surface area (Å²) in [5.41, 5.74) is 8.33. The predicted molar refractivity (Wildman–Crippen MR) is 225 cm³/mol. The fraction of sp³-hybridized carbons (Fsp3) is 0. The molecule has 0 aliphatic rings. The van der Waals surface area contributed by atoms with Crippen molar-refractivity contribution in [3.63, 3.8) is 0 Å². The maximum Gasteiger partial charge on any atom is 0.227 e. The highest BCUT2D eigenvalue weighted by atomic mass is 32.1. The number of thiophene rings is 1.